The van der Waals surface area contributed by atoms with Gasteiger partial charge in [-0.3, -0.25) is 9.69 Å². The molecule has 0 saturated carbocycles. The number of benzene rings is 2. The first-order valence-corrected chi connectivity index (χ1v) is 9.94. The molecule has 0 aliphatic carbocycles. The summed E-state index contributed by atoms with van der Waals surface area (Å²) in [5.74, 6) is -0.793. The zero-order chi connectivity index (χ0) is 21.2. The average molecular weight is 399 g/mol. The molecule has 0 aliphatic heterocycles. The largest absolute Gasteiger partial charge is 0.508 e. The molecule has 156 valence electrons. The van der Waals surface area contributed by atoms with Gasteiger partial charge in [-0.1, -0.05) is 37.3 Å². The lowest BCUT2D eigenvalue weighted by Crippen LogP contribution is -2.33. The predicted molar refractivity (Wildman–Crippen MR) is 113 cm³/mol. The van der Waals surface area contributed by atoms with Gasteiger partial charge in [0, 0.05) is 12.6 Å². The summed E-state index contributed by atoms with van der Waals surface area (Å²) in [6, 6.07) is 15.2. The van der Waals surface area contributed by atoms with E-state index in [1.165, 1.54) is 16.5 Å². The third kappa shape index (κ3) is 7.14. The molecule has 2 N–H and O–H groups in total. The zero-order valence-corrected chi connectivity index (χ0v) is 17.0. The highest BCUT2D eigenvalue weighted by Gasteiger charge is 2.20. The molecule has 2 rings (SSSR count). The summed E-state index contributed by atoms with van der Waals surface area (Å²) < 4.78 is 5.06. The standard InChI is InChI=1S/C23H29NO5/c1-3-29-23(28)24(13-12-22(26)27)20-14-19(15-21(25)16-20)17(2)8-7-11-18-9-5-4-6-10-18/h4-6,9-10,14-17,25H,3,7-8,11-13H2,1-2H3,(H,26,27). The molecule has 1 atom stereocenters. The molecular formula is C23H29NO5. The molecule has 2 aromatic carbocycles. The Morgan fingerprint density at radius 2 is 1.86 bits per heavy atom. The van der Waals surface area contributed by atoms with Crippen LogP contribution in [0.3, 0.4) is 0 Å². The van der Waals surface area contributed by atoms with Crippen molar-refractivity contribution in [3.8, 4) is 5.75 Å². The van der Waals surface area contributed by atoms with Gasteiger partial charge in [0.15, 0.2) is 0 Å². The van der Waals surface area contributed by atoms with Crippen molar-refractivity contribution in [1.82, 2.24) is 0 Å². The molecule has 0 fully saturated rings. The number of phenols is 1. The maximum Gasteiger partial charge on any atom is 0.414 e. The van der Waals surface area contributed by atoms with Gasteiger partial charge in [0.05, 0.1) is 18.7 Å². The Hall–Kier alpha value is -3.02. The molecule has 0 radical (unpaired) electrons. The number of aryl methyl sites for hydroxylation is 1. The number of aromatic hydroxyl groups is 1. The van der Waals surface area contributed by atoms with Gasteiger partial charge in [-0.25, -0.2) is 4.79 Å². The molecule has 0 bridgehead atoms. The lowest BCUT2D eigenvalue weighted by Gasteiger charge is -2.23. The molecule has 1 unspecified atom stereocenters. The Morgan fingerprint density at radius 1 is 1.14 bits per heavy atom. The van der Waals surface area contributed by atoms with Crippen LogP contribution in [0.1, 0.15) is 50.2 Å². The molecule has 6 heteroatoms. The van der Waals surface area contributed by atoms with Gasteiger partial charge >= 0.3 is 12.1 Å². The quantitative estimate of drug-likeness (QED) is 0.590. The molecule has 2 aromatic rings. The van der Waals surface area contributed by atoms with Crippen LogP contribution >= 0.6 is 0 Å². The number of carboxylic acids is 1. The molecule has 0 spiro atoms. The van der Waals surface area contributed by atoms with Crippen LogP contribution < -0.4 is 4.90 Å². The molecule has 1 amide bonds. The number of carboxylic acid groups (broad SMARTS) is 1. The molecule has 0 heterocycles. The first kappa shape index (κ1) is 22.3. The molecule has 0 aromatic heterocycles. The van der Waals surface area contributed by atoms with E-state index in [2.05, 4.69) is 19.1 Å². The fourth-order valence-electron chi connectivity index (χ4n) is 3.22. The van der Waals surface area contributed by atoms with Gasteiger partial charge in [-0.15, -0.1) is 0 Å². The van der Waals surface area contributed by atoms with Crippen molar-refractivity contribution in [1.29, 1.82) is 0 Å². The second-order valence-electron chi connectivity index (χ2n) is 7.06. The number of carbonyl (C=O) groups excluding carboxylic acids is 1. The van der Waals surface area contributed by atoms with Crippen LogP contribution in [-0.2, 0) is 16.0 Å². The van der Waals surface area contributed by atoms with Crippen molar-refractivity contribution < 1.29 is 24.5 Å². The summed E-state index contributed by atoms with van der Waals surface area (Å²) in [5.41, 5.74) is 2.63. The summed E-state index contributed by atoms with van der Waals surface area (Å²) in [6.45, 7) is 3.93. The predicted octanol–water partition coefficient (Wildman–Crippen LogP) is 4.96. The SMILES string of the molecule is CCOC(=O)N(CCC(=O)O)c1cc(O)cc(C(C)CCCc2ccccc2)c1. The fourth-order valence-corrected chi connectivity index (χ4v) is 3.22. The van der Waals surface area contributed by atoms with Gasteiger partial charge in [0.25, 0.3) is 0 Å². The van der Waals surface area contributed by atoms with Crippen LogP contribution in [-0.4, -0.2) is 35.4 Å². The number of amides is 1. The number of nitrogens with zero attached hydrogens (tertiary/aromatic N) is 1. The second-order valence-corrected chi connectivity index (χ2v) is 7.06. The first-order valence-electron chi connectivity index (χ1n) is 9.94. The van der Waals surface area contributed by atoms with Gasteiger partial charge in [-0.2, -0.15) is 0 Å². The van der Waals surface area contributed by atoms with Crippen molar-refractivity contribution in [2.24, 2.45) is 0 Å². The van der Waals surface area contributed by atoms with Crippen molar-refractivity contribution in [2.45, 2.75) is 45.4 Å². The number of carbonyl (C=O) groups is 2. The lowest BCUT2D eigenvalue weighted by molar-refractivity contribution is -0.136. The van der Waals surface area contributed by atoms with Crippen molar-refractivity contribution in [2.75, 3.05) is 18.1 Å². The number of phenolic OH excluding ortho intramolecular Hbond substituents is 1. The van der Waals surface area contributed by atoms with Crippen LogP contribution in [0, 0.1) is 0 Å². The minimum absolute atomic E-state index is 0.0283. The van der Waals surface area contributed by atoms with E-state index in [4.69, 9.17) is 9.84 Å². The minimum Gasteiger partial charge on any atom is -0.508 e. The molecule has 0 aliphatic rings. The Kier molecular flexibility index (Phi) is 8.52. The Balaban J connectivity index is 2.12. The molecular weight excluding hydrogens is 370 g/mol. The summed E-state index contributed by atoms with van der Waals surface area (Å²) in [5, 5.41) is 19.2. The lowest BCUT2D eigenvalue weighted by atomic mass is 9.93. The summed E-state index contributed by atoms with van der Waals surface area (Å²) in [7, 11) is 0. The van der Waals surface area contributed by atoms with Gasteiger partial charge in [0.1, 0.15) is 5.75 Å². The highest BCUT2D eigenvalue weighted by atomic mass is 16.6. The minimum atomic E-state index is -1.01. The van der Waals surface area contributed by atoms with Crippen LogP contribution in [0.4, 0.5) is 10.5 Å². The average Bonchev–Trinajstić information content (AvgIpc) is 2.68. The van der Waals surface area contributed by atoms with E-state index in [0.717, 1.165) is 24.8 Å². The normalized spacial score (nSPS) is 11.7. The molecule has 29 heavy (non-hydrogen) atoms. The second kappa shape index (κ2) is 11.1. The van der Waals surface area contributed by atoms with Crippen LogP contribution in [0.25, 0.3) is 0 Å². The maximum absolute atomic E-state index is 12.3. The highest BCUT2D eigenvalue weighted by molar-refractivity contribution is 5.88. The van der Waals surface area contributed by atoms with Crippen LogP contribution in [0.2, 0.25) is 0 Å². The molecule has 0 saturated heterocycles. The zero-order valence-electron chi connectivity index (χ0n) is 17.0. The smallest absolute Gasteiger partial charge is 0.414 e. The van der Waals surface area contributed by atoms with Gasteiger partial charge in [0.2, 0.25) is 0 Å². The van der Waals surface area contributed by atoms with E-state index in [1.807, 2.05) is 24.3 Å². The van der Waals surface area contributed by atoms with E-state index >= 15 is 0 Å². The number of ether oxygens (including phenoxy) is 1. The number of hydrogen-bond acceptors (Lipinski definition) is 4. The summed E-state index contributed by atoms with van der Waals surface area (Å²) >= 11 is 0. The van der Waals surface area contributed by atoms with Crippen LogP contribution in [0.5, 0.6) is 5.75 Å². The Morgan fingerprint density at radius 3 is 2.52 bits per heavy atom. The van der Waals surface area contributed by atoms with Gasteiger partial charge in [-0.05, 0) is 55.4 Å². The van der Waals surface area contributed by atoms with E-state index < -0.39 is 12.1 Å². The monoisotopic (exact) mass is 399 g/mol. The third-order valence-electron chi connectivity index (χ3n) is 4.79. The van der Waals surface area contributed by atoms with E-state index in [-0.39, 0.29) is 31.2 Å². The molecule has 6 nitrogen and oxygen atoms in total. The van der Waals surface area contributed by atoms with E-state index in [9.17, 15) is 14.7 Å². The Bertz CT molecular complexity index is 806. The summed E-state index contributed by atoms with van der Waals surface area (Å²) in [4.78, 5) is 24.5. The number of hydrogen-bond donors (Lipinski definition) is 2. The van der Waals surface area contributed by atoms with E-state index in [0.29, 0.717) is 5.69 Å². The number of aliphatic carboxylic acids is 1. The van der Waals surface area contributed by atoms with Crippen molar-refractivity contribution in [3.63, 3.8) is 0 Å². The van der Waals surface area contributed by atoms with E-state index in [1.54, 1.807) is 13.0 Å². The van der Waals surface area contributed by atoms with Gasteiger partial charge < -0.3 is 14.9 Å². The van der Waals surface area contributed by atoms with Crippen molar-refractivity contribution in [3.05, 3.63) is 59.7 Å². The number of anilines is 1. The maximum atomic E-state index is 12.3. The number of rotatable bonds is 10. The third-order valence-corrected chi connectivity index (χ3v) is 4.79. The highest BCUT2D eigenvalue weighted by Crippen LogP contribution is 2.30. The first-order chi connectivity index (χ1) is 13.9. The van der Waals surface area contributed by atoms with Crippen molar-refractivity contribution >= 4 is 17.7 Å². The summed E-state index contributed by atoms with van der Waals surface area (Å²) in [6.07, 6.45) is 2.06. The Labute approximate surface area is 171 Å². The fraction of sp³-hybridized carbons (Fsp3) is 0.391. The van der Waals surface area contributed by atoms with Crippen LogP contribution in [0.15, 0.2) is 48.5 Å². The topological polar surface area (TPSA) is 87.1 Å².